The number of unbranched alkanes of at least 4 members (excludes halogenated alkanes) is 1. The molecule has 0 saturated heterocycles. The molecule has 2 heteroatoms. The molecule has 0 aromatic heterocycles. The Labute approximate surface area is 106 Å². The quantitative estimate of drug-likeness (QED) is 0.242. The zero-order valence-electron chi connectivity index (χ0n) is 11.8. The number of nitrogens with zero attached hydrogens (tertiary/aromatic N) is 1. The Bertz CT molecular complexity index is 264. The molecule has 0 unspecified atom stereocenters. The van der Waals surface area contributed by atoms with Gasteiger partial charge < -0.3 is 4.84 Å². The molecule has 0 aliphatic heterocycles. The Kier molecular flexibility index (Phi) is 10.7. The van der Waals surface area contributed by atoms with E-state index in [0.717, 1.165) is 12.8 Å². The van der Waals surface area contributed by atoms with Gasteiger partial charge in [-0.3, -0.25) is 0 Å². The summed E-state index contributed by atoms with van der Waals surface area (Å²) in [6.07, 6.45) is 13.3. The second kappa shape index (κ2) is 11.4. The van der Waals surface area contributed by atoms with Crippen molar-refractivity contribution < 1.29 is 4.84 Å². The summed E-state index contributed by atoms with van der Waals surface area (Å²) in [4.78, 5) is 4.60. The molecule has 0 radical (unpaired) electrons. The van der Waals surface area contributed by atoms with Gasteiger partial charge in [0.15, 0.2) is 0 Å². The molecule has 0 saturated carbocycles. The van der Waals surface area contributed by atoms with Crippen LogP contribution in [-0.4, -0.2) is 13.3 Å². The zero-order valence-corrected chi connectivity index (χ0v) is 11.8. The highest BCUT2D eigenvalue weighted by Gasteiger charge is 1.90. The van der Waals surface area contributed by atoms with E-state index in [9.17, 15) is 0 Å². The predicted octanol–water partition coefficient (Wildman–Crippen LogP) is 4.87. The predicted molar refractivity (Wildman–Crippen MR) is 76.4 cm³/mol. The van der Waals surface area contributed by atoms with Gasteiger partial charge in [0.1, 0.15) is 7.11 Å². The monoisotopic (exact) mass is 237 g/mol. The summed E-state index contributed by atoms with van der Waals surface area (Å²) in [5.74, 6) is 0. The summed E-state index contributed by atoms with van der Waals surface area (Å²) in [5.41, 5.74) is 2.99. The molecule has 0 bridgehead atoms. The average Bonchev–Trinajstić information content (AvgIpc) is 2.29. The number of hydrogen-bond donors (Lipinski definition) is 0. The Hall–Kier alpha value is -1.05. The molecule has 17 heavy (non-hydrogen) atoms. The fourth-order valence-corrected chi connectivity index (χ4v) is 1.68. The third kappa shape index (κ3) is 11.2. The smallest absolute Gasteiger partial charge is 0.106 e. The first-order chi connectivity index (χ1) is 8.20. The zero-order chi connectivity index (χ0) is 12.9. The van der Waals surface area contributed by atoms with Crippen molar-refractivity contribution in [3.05, 3.63) is 23.3 Å². The van der Waals surface area contributed by atoms with Crippen LogP contribution in [-0.2, 0) is 4.84 Å². The highest BCUT2D eigenvalue weighted by Crippen LogP contribution is 2.10. The van der Waals surface area contributed by atoms with Crippen LogP contribution in [0.2, 0.25) is 0 Å². The molecule has 0 N–H and O–H groups in total. The minimum atomic E-state index is 0.954. The minimum Gasteiger partial charge on any atom is -0.399 e. The first-order valence-electron chi connectivity index (χ1n) is 6.57. The van der Waals surface area contributed by atoms with E-state index in [1.165, 1.54) is 36.8 Å². The van der Waals surface area contributed by atoms with Crippen molar-refractivity contribution >= 4 is 6.21 Å². The van der Waals surface area contributed by atoms with Crippen molar-refractivity contribution in [2.45, 2.75) is 59.3 Å². The summed E-state index contributed by atoms with van der Waals surface area (Å²) >= 11 is 0. The van der Waals surface area contributed by atoms with Crippen LogP contribution < -0.4 is 0 Å². The third-order valence-electron chi connectivity index (χ3n) is 2.64. The highest BCUT2D eigenvalue weighted by atomic mass is 16.6. The van der Waals surface area contributed by atoms with Gasteiger partial charge in [0.2, 0.25) is 0 Å². The lowest BCUT2D eigenvalue weighted by Gasteiger charge is -2.00. The molecule has 0 aromatic rings. The van der Waals surface area contributed by atoms with Crippen LogP contribution in [0.3, 0.4) is 0 Å². The van der Waals surface area contributed by atoms with E-state index in [0.29, 0.717) is 0 Å². The third-order valence-corrected chi connectivity index (χ3v) is 2.64. The van der Waals surface area contributed by atoms with Crippen LogP contribution >= 0.6 is 0 Å². The van der Waals surface area contributed by atoms with Crippen molar-refractivity contribution in [2.24, 2.45) is 5.16 Å². The molecule has 98 valence electrons. The maximum Gasteiger partial charge on any atom is 0.106 e. The van der Waals surface area contributed by atoms with Crippen LogP contribution in [0.1, 0.15) is 59.3 Å². The summed E-state index contributed by atoms with van der Waals surface area (Å²) in [5, 5.41) is 3.71. The normalized spacial score (nSPS) is 13.4. The lowest BCUT2D eigenvalue weighted by atomic mass is 10.1. The maximum atomic E-state index is 4.60. The molecule has 0 aliphatic rings. The second-order valence-electron chi connectivity index (χ2n) is 4.44. The molecule has 0 aliphatic carbocycles. The van der Waals surface area contributed by atoms with Gasteiger partial charge in [-0.05, 0) is 46.0 Å². The number of oxime groups is 1. The van der Waals surface area contributed by atoms with Crippen molar-refractivity contribution in [3.8, 4) is 0 Å². The van der Waals surface area contributed by atoms with Gasteiger partial charge in [-0.2, -0.15) is 0 Å². The molecule has 0 rings (SSSR count). The van der Waals surface area contributed by atoms with E-state index < -0.39 is 0 Å². The first-order valence-corrected chi connectivity index (χ1v) is 6.57. The Morgan fingerprint density at radius 3 is 2.29 bits per heavy atom. The lowest BCUT2D eigenvalue weighted by Crippen LogP contribution is -1.81. The Morgan fingerprint density at radius 1 is 1.00 bits per heavy atom. The average molecular weight is 237 g/mol. The molecule has 0 amide bonds. The molecular formula is C15H27NO. The number of rotatable bonds is 9. The van der Waals surface area contributed by atoms with Gasteiger partial charge in [-0.1, -0.05) is 41.8 Å². The fraction of sp³-hybridized carbons (Fsp3) is 0.667. The van der Waals surface area contributed by atoms with Gasteiger partial charge in [-0.15, -0.1) is 0 Å². The van der Waals surface area contributed by atoms with Crippen LogP contribution in [0.4, 0.5) is 0 Å². The Morgan fingerprint density at radius 2 is 1.65 bits per heavy atom. The fourth-order valence-electron chi connectivity index (χ4n) is 1.68. The molecule has 2 nitrogen and oxygen atoms in total. The molecule has 0 fully saturated rings. The van der Waals surface area contributed by atoms with Crippen LogP contribution in [0, 0.1) is 0 Å². The van der Waals surface area contributed by atoms with Gasteiger partial charge in [0, 0.05) is 6.21 Å². The van der Waals surface area contributed by atoms with Crippen LogP contribution in [0.15, 0.2) is 28.5 Å². The SMILES string of the molecule is CCCC(C)=CCCC(C)=CCCC=NOC. The van der Waals surface area contributed by atoms with Crippen LogP contribution in [0.5, 0.6) is 0 Å². The Balaban J connectivity index is 3.70. The van der Waals surface area contributed by atoms with E-state index >= 15 is 0 Å². The van der Waals surface area contributed by atoms with E-state index in [-0.39, 0.29) is 0 Å². The summed E-state index contributed by atoms with van der Waals surface area (Å²) in [6.45, 7) is 6.66. The maximum absolute atomic E-state index is 4.60. The minimum absolute atomic E-state index is 0.954. The molecule has 0 atom stereocenters. The van der Waals surface area contributed by atoms with Gasteiger partial charge in [-0.25, -0.2) is 0 Å². The summed E-state index contributed by atoms with van der Waals surface area (Å²) in [6, 6.07) is 0. The van der Waals surface area contributed by atoms with E-state index in [1.54, 1.807) is 7.11 Å². The first kappa shape index (κ1) is 16.0. The van der Waals surface area contributed by atoms with E-state index in [2.05, 4.69) is 42.9 Å². The molecule has 0 heterocycles. The van der Waals surface area contributed by atoms with Crippen molar-refractivity contribution in [1.82, 2.24) is 0 Å². The van der Waals surface area contributed by atoms with Crippen molar-refractivity contribution in [1.29, 1.82) is 0 Å². The molecular weight excluding hydrogens is 210 g/mol. The lowest BCUT2D eigenvalue weighted by molar-refractivity contribution is 0.214. The second-order valence-corrected chi connectivity index (χ2v) is 4.44. The number of allylic oxidation sites excluding steroid dienone is 4. The van der Waals surface area contributed by atoms with Crippen LogP contribution in [0.25, 0.3) is 0 Å². The van der Waals surface area contributed by atoms with Gasteiger partial charge >= 0.3 is 0 Å². The topological polar surface area (TPSA) is 21.6 Å². The highest BCUT2D eigenvalue weighted by molar-refractivity contribution is 5.56. The summed E-state index contributed by atoms with van der Waals surface area (Å²) in [7, 11) is 1.57. The summed E-state index contributed by atoms with van der Waals surface area (Å²) < 4.78 is 0. The number of hydrogen-bond acceptors (Lipinski definition) is 2. The van der Waals surface area contributed by atoms with E-state index in [4.69, 9.17) is 0 Å². The van der Waals surface area contributed by atoms with Gasteiger partial charge in [0.05, 0.1) is 0 Å². The van der Waals surface area contributed by atoms with Gasteiger partial charge in [0.25, 0.3) is 0 Å². The molecule has 0 aromatic carbocycles. The van der Waals surface area contributed by atoms with Crippen molar-refractivity contribution in [3.63, 3.8) is 0 Å². The molecule has 0 spiro atoms. The largest absolute Gasteiger partial charge is 0.399 e. The standard InChI is InChI=1S/C15H27NO/c1-5-9-14(2)11-8-12-15(3)10-6-7-13-16-17-4/h10-11,13H,5-9,12H2,1-4H3. The van der Waals surface area contributed by atoms with E-state index in [1.807, 2.05) is 6.21 Å². The van der Waals surface area contributed by atoms with Crippen molar-refractivity contribution in [2.75, 3.05) is 7.11 Å².